The molecule has 1 fully saturated rings. The van der Waals surface area contributed by atoms with Gasteiger partial charge in [-0.15, -0.1) is 11.8 Å². The summed E-state index contributed by atoms with van der Waals surface area (Å²) in [6, 6.07) is 0. The Bertz CT molecular complexity index is 302. The summed E-state index contributed by atoms with van der Waals surface area (Å²) in [4.78, 5) is 0. The van der Waals surface area contributed by atoms with Gasteiger partial charge in [-0.1, -0.05) is 27.7 Å². The molecule has 0 aliphatic heterocycles. The molecule has 0 spiro atoms. The summed E-state index contributed by atoms with van der Waals surface area (Å²) in [6.45, 7) is 13.7. The molecule has 1 saturated carbocycles. The molecule has 0 heterocycles. The molecule has 1 aliphatic carbocycles. The molecule has 0 radical (unpaired) electrons. The predicted molar refractivity (Wildman–Crippen MR) is 85.0 cm³/mol. The van der Waals surface area contributed by atoms with Crippen LogP contribution in [-0.2, 0) is 0 Å². The molecule has 0 bridgehead atoms. The van der Waals surface area contributed by atoms with Crippen molar-refractivity contribution in [2.45, 2.75) is 66.7 Å². The van der Waals surface area contributed by atoms with Crippen LogP contribution in [0.2, 0.25) is 0 Å². The van der Waals surface area contributed by atoms with E-state index in [1.807, 2.05) is 6.92 Å². The van der Waals surface area contributed by atoms with Crippen LogP contribution in [0.5, 0.6) is 0 Å². The molecule has 1 aliphatic rings. The zero-order valence-corrected chi connectivity index (χ0v) is 13.7. The topological polar surface area (TPSA) is 12.0 Å². The lowest BCUT2D eigenvalue weighted by molar-refractivity contribution is 0.0936. The van der Waals surface area contributed by atoms with Crippen LogP contribution < -0.4 is 5.32 Å². The molecule has 0 aromatic rings. The van der Waals surface area contributed by atoms with Gasteiger partial charge in [0, 0.05) is 6.42 Å². The van der Waals surface area contributed by atoms with E-state index >= 15 is 0 Å². The van der Waals surface area contributed by atoms with Crippen LogP contribution in [0.1, 0.15) is 66.7 Å². The molecule has 0 aromatic carbocycles. The van der Waals surface area contributed by atoms with Gasteiger partial charge in [0.05, 0.1) is 0 Å². The lowest BCUT2D eigenvalue weighted by atomic mass is 9.64. The molecule has 0 aromatic heterocycles. The molecule has 19 heavy (non-hydrogen) atoms. The summed E-state index contributed by atoms with van der Waals surface area (Å²) in [5.74, 6) is 8.94. The van der Waals surface area contributed by atoms with E-state index in [1.54, 1.807) is 0 Å². The number of rotatable bonds is 5. The van der Waals surface area contributed by atoms with E-state index in [4.69, 9.17) is 0 Å². The average molecular weight is 263 g/mol. The van der Waals surface area contributed by atoms with Gasteiger partial charge in [0.1, 0.15) is 0 Å². The van der Waals surface area contributed by atoms with Crippen molar-refractivity contribution in [2.24, 2.45) is 23.2 Å². The molecule has 3 unspecified atom stereocenters. The fourth-order valence-corrected chi connectivity index (χ4v) is 3.45. The number of hydrogen-bond acceptors (Lipinski definition) is 1. The maximum absolute atomic E-state index is 3.56. The van der Waals surface area contributed by atoms with Crippen molar-refractivity contribution in [1.29, 1.82) is 0 Å². The van der Waals surface area contributed by atoms with Crippen LogP contribution >= 0.6 is 0 Å². The van der Waals surface area contributed by atoms with Gasteiger partial charge < -0.3 is 5.32 Å². The van der Waals surface area contributed by atoms with Crippen LogP contribution in [0.3, 0.4) is 0 Å². The molecular formula is C18H33N. The molecule has 1 heteroatoms. The average Bonchev–Trinajstić information content (AvgIpc) is 2.36. The zero-order valence-electron chi connectivity index (χ0n) is 13.7. The minimum absolute atomic E-state index is 0.470. The normalized spacial score (nSPS) is 27.7. The summed E-state index contributed by atoms with van der Waals surface area (Å²) >= 11 is 0. The molecule has 1 nitrogen and oxygen atoms in total. The van der Waals surface area contributed by atoms with Crippen molar-refractivity contribution >= 4 is 0 Å². The maximum atomic E-state index is 3.56. The van der Waals surface area contributed by atoms with Crippen molar-refractivity contribution in [1.82, 2.24) is 5.32 Å². The Balaban J connectivity index is 2.59. The first-order valence-electron chi connectivity index (χ1n) is 8.09. The molecule has 3 atom stereocenters. The third-order valence-electron chi connectivity index (χ3n) is 4.84. The van der Waals surface area contributed by atoms with Crippen molar-refractivity contribution in [3.63, 3.8) is 0 Å². The fourth-order valence-electron chi connectivity index (χ4n) is 3.45. The lowest BCUT2D eigenvalue weighted by Crippen LogP contribution is -2.36. The molecule has 1 rings (SSSR count). The van der Waals surface area contributed by atoms with Crippen LogP contribution in [0.25, 0.3) is 0 Å². The lowest BCUT2D eigenvalue weighted by Gasteiger charge is -2.42. The molecule has 0 saturated heterocycles. The van der Waals surface area contributed by atoms with Gasteiger partial charge in [0.15, 0.2) is 0 Å². The Hall–Kier alpha value is -0.480. The van der Waals surface area contributed by atoms with E-state index in [0.717, 1.165) is 30.7 Å². The van der Waals surface area contributed by atoms with Crippen LogP contribution in [-0.4, -0.2) is 13.1 Å². The molecule has 110 valence electrons. The Morgan fingerprint density at radius 2 is 1.89 bits per heavy atom. The quantitative estimate of drug-likeness (QED) is 0.721. The van der Waals surface area contributed by atoms with E-state index in [-0.39, 0.29) is 0 Å². The van der Waals surface area contributed by atoms with Gasteiger partial charge >= 0.3 is 0 Å². The van der Waals surface area contributed by atoms with Crippen molar-refractivity contribution < 1.29 is 0 Å². The molecule has 1 N–H and O–H groups in total. The van der Waals surface area contributed by atoms with E-state index in [1.165, 1.54) is 32.2 Å². The van der Waals surface area contributed by atoms with Crippen LogP contribution in [0, 0.1) is 35.0 Å². The first kappa shape index (κ1) is 16.6. The second kappa shape index (κ2) is 7.95. The van der Waals surface area contributed by atoms with Gasteiger partial charge in [0.25, 0.3) is 0 Å². The Labute approximate surface area is 120 Å². The minimum Gasteiger partial charge on any atom is -0.317 e. The Morgan fingerprint density at radius 1 is 1.16 bits per heavy atom. The minimum atomic E-state index is 0.470. The highest BCUT2D eigenvalue weighted by molar-refractivity contribution is 4.96. The SMILES string of the molecule is CC#CCCC1CC(C(C)(C)C)CCC1CNCC. The smallest absolute Gasteiger partial charge is 0.00913 e. The summed E-state index contributed by atoms with van der Waals surface area (Å²) < 4.78 is 0. The largest absolute Gasteiger partial charge is 0.317 e. The number of nitrogens with one attached hydrogen (secondary N) is 1. The first-order chi connectivity index (χ1) is 8.99. The first-order valence-corrected chi connectivity index (χ1v) is 8.09. The van der Waals surface area contributed by atoms with Crippen molar-refractivity contribution in [2.75, 3.05) is 13.1 Å². The van der Waals surface area contributed by atoms with E-state index in [0.29, 0.717) is 5.41 Å². The Kier molecular flexibility index (Phi) is 6.94. The van der Waals surface area contributed by atoms with Gasteiger partial charge in [-0.3, -0.25) is 0 Å². The van der Waals surface area contributed by atoms with Crippen LogP contribution in [0.15, 0.2) is 0 Å². The van der Waals surface area contributed by atoms with E-state index in [9.17, 15) is 0 Å². The van der Waals surface area contributed by atoms with Crippen molar-refractivity contribution in [3.05, 3.63) is 0 Å². The zero-order chi connectivity index (χ0) is 14.3. The fraction of sp³-hybridized carbons (Fsp3) is 0.889. The second-order valence-electron chi connectivity index (χ2n) is 7.17. The summed E-state index contributed by atoms with van der Waals surface area (Å²) in [6.07, 6.45) is 6.60. The van der Waals surface area contributed by atoms with Gasteiger partial charge in [-0.25, -0.2) is 0 Å². The Morgan fingerprint density at radius 3 is 2.47 bits per heavy atom. The highest BCUT2D eigenvalue weighted by Crippen LogP contribution is 2.44. The van der Waals surface area contributed by atoms with Gasteiger partial charge in [-0.05, 0) is 68.9 Å². The standard InChI is InChI=1S/C18H33N/c1-6-8-9-10-15-13-17(18(3,4)5)12-11-16(15)14-19-7-2/h15-17,19H,7,9-14H2,1-5H3. The van der Waals surface area contributed by atoms with Gasteiger partial charge in [-0.2, -0.15) is 0 Å². The third kappa shape index (κ3) is 5.57. The van der Waals surface area contributed by atoms with Gasteiger partial charge in [0.2, 0.25) is 0 Å². The monoisotopic (exact) mass is 263 g/mol. The van der Waals surface area contributed by atoms with Crippen LogP contribution in [0.4, 0.5) is 0 Å². The maximum Gasteiger partial charge on any atom is 0.00913 e. The summed E-state index contributed by atoms with van der Waals surface area (Å²) in [5.41, 5.74) is 0.470. The third-order valence-corrected chi connectivity index (χ3v) is 4.84. The molecular weight excluding hydrogens is 230 g/mol. The highest BCUT2D eigenvalue weighted by atomic mass is 14.8. The highest BCUT2D eigenvalue weighted by Gasteiger charge is 2.35. The number of hydrogen-bond donors (Lipinski definition) is 1. The summed E-state index contributed by atoms with van der Waals surface area (Å²) in [5, 5.41) is 3.56. The van der Waals surface area contributed by atoms with E-state index in [2.05, 4.69) is 44.9 Å². The van der Waals surface area contributed by atoms with E-state index < -0.39 is 0 Å². The molecule has 0 amide bonds. The predicted octanol–water partition coefficient (Wildman–Crippen LogP) is 4.48. The second-order valence-corrected chi connectivity index (χ2v) is 7.17. The summed E-state index contributed by atoms with van der Waals surface area (Å²) in [7, 11) is 0. The van der Waals surface area contributed by atoms with Crippen molar-refractivity contribution in [3.8, 4) is 11.8 Å².